The summed E-state index contributed by atoms with van der Waals surface area (Å²) in [5.74, 6) is 1.31. The average Bonchev–Trinajstić information content (AvgIpc) is 2.38. The van der Waals surface area contributed by atoms with Gasteiger partial charge >= 0.3 is 0 Å². The second kappa shape index (κ2) is 5.96. The Bertz CT molecular complexity index is 614. The molecular formula is C15H18FN3O. The van der Waals surface area contributed by atoms with E-state index < -0.39 is 0 Å². The molecule has 106 valence electrons. The molecule has 20 heavy (non-hydrogen) atoms. The SMILES string of the molecule is Cc1cc(Oc2cccc(F)c2CN)nc(C(C)C)n1. The Hall–Kier alpha value is -2.01. The number of rotatable bonds is 4. The molecule has 4 nitrogen and oxygen atoms in total. The van der Waals surface area contributed by atoms with Gasteiger partial charge in [-0.2, -0.15) is 4.98 Å². The third kappa shape index (κ3) is 3.11. The summed E-state index contributed by atoms with van der Waals surface area (Å²) in [5, 5.41) is 0. The lowest BCUT2D eigenvalue weighted by molar-refractivity contribution is 0.444. The maximum absolute atomic E-state index is 13.6. The first-order chi connectivity index (χ1) is 9.51. The third-order valence-electron chi connectivity index (χ3n) is 2.86. The van der Waals surface area contributed by atoms with Crippen molar-refractivity contribution in [3.05, 3.63) is 47.2 Å². The normalized spacial score (nSPS) is 10.9. The maximum atomic E-state index is 13.6. The highest BCUT2D eigenvalue weighted by atomic mass is 19.1. The molecule has 1 aromatic heterocycles. The molecule has 1 heterocycles. The number of aromatic nitrogens is 2. The van der Waals surface area contributed by atoms with Crippen LogP contribution in [0.3, 0.4) is 0 Å². The lowest BCUT2D eigenvalue weighted by Gasteiger charge is -2.12. The van der Waals surface area contributed by atoms with Gasteiger partial charge in [0.2, 0.25) is 5.88 Å². The molecule has 0 unspecified atom stereocenters. The Balaban J connectivity index is 2.37. The summed E-state index contributed by atoms with van der Waals surface area (Å²) in [7, 11) is 0. The van der Waals surface area contributed by atoms with E-state index in [2.05, 4.69) is 9.97 Å². The summed E-state index contributed by atoms with van der Waals surface area (Å²) in [6, 6.07) is 6.34. The van der Waals surface area contributed by atoms with Crippen LogP contribution in [0.1, 0.15) is 36.8 Å². The molecule has 0 amide bonds. The summed E-state index contributed by atoms with van der Waals surface area (Å²) in [6.07, 6.45) is 0. The van der Waals surface area contributed by atoms with Crippen LogP contribution in [0.2, 0.25) is 0 Å². The molecule has 2 N–H and O–H groups in total. The van der Waals surface area contributed by atoms with Gasteiger partial charge in [0.25, 0.3) is 0 Å². The van der Waals surface area contributed by atoms with Crippen LogP contribution in [0, 0.1) is 12.7 Å². The van der Waals surface area contributed by atoms with E-state index in [9.17, 15) is 4.39 Å². The monoisotopic (exact) mass is 275 g/mol. The largest absolute Gasteiger partial charge is 0.438 e. The van der Waals surface area contributed by atoms with Crippen molar-refractivity contribution in [3.63, 3.8) is 0 Å². The topological polar surface area (TPSA) is 61.0 Å². The highest BCUT2D eigenvalue weighted by Crippen LogP contribution is 2.26. The number of aryl methyl sites for hydroxylation is 1. The molecule has 1 aromatic carbocycles. The molecule has 5 heteroatoms. The number of benzene rings is 1. The number of halogens is 1. The van der Waals surface area contributed by atoms with Gasteiger partial charge in [0.15, 0.2) is 0 Å². The maximum Gasteiger partial charge on any atom is 0.222 e. The van der Waals surface area contributed by atoms with Crippen LogP contribution < -0.4 is 10.5 Å². The van der Waals surface area contributed by atoms with E-state index in [4.69, 9.17) is 10.5 Å². The lowest BCUT2D eigenvalue weighted by Crippen LogP contribution is -2.05. The molecule has 0 radical (unpaired) electrons. The van der Waals surface area contributed by atoms with E-state index in [0.717, 1.165) is 5.69 Å². The molecule has 2 rings (SSSR count). The minimum atomic E-state index is -0.375. The van der Waals surface area contributed by atoms with Gasteiger partial charge in [-0.25, -0.2) is 9.37 Å². The number of ether oxygens (including phenoxy) is 1. The standard InChI is InChI=1S/C15H18FN3O/c1-9(2)15-18-10(3)7-14(19-15)20-13-6-4-5-12(16)11(13)8-17/h4-7,9H,8,17H2,1-3H3. The Morgan fingerprint density at radius 2 is 2.05 bits per heavy atom. The van der Waals surface area contributed by atoms with Gasteiger partial charge in [0.05, 0.1) is 0 Å². The zero-order valence-corrected chi connectivity index (χ0v) is 11.9. The van der Waals surface area contributed by atoms with Crippen LogP contribution in [-0.4, -0.2) is 9.97 Å². The molecule has 0 aliphatic heterocycles. The van der Waals surface area contributed by atoms with Crippen molar-refractivity contribution < 1.29 is 9.13 Å². The Kier molecular flexibility index (Phi) is 4.29. The third-order valence-corrected chi connectivity index (χ3v) is 2.86. The first-order valence-electron chi connectivity index (χ1n) is 6.52. The summed E-state index contributed by atoms with van der Waals surface area (Å²) in [6.45, 7) is 5.96. The van der Waals surface area contributed by atoms with Crippen molar-refractivity contribution in [2.24, 2.45) is 5.73 Å². The van der Waals surface area contributed by atoms with Crippen molar-refractivity contribution in [3.8, 4) is 11.6 Å². The van der Waals surface area contributed by atoms with Crippen molar-refractivity contribution in [2.75, 3.05) is 0 Å². The number of nitrogens with zero attached hydrogens (tertiary/aromatic N) is 2. The van der Waals surface area contributed by atoms with E-state index in [1.165, 1.54) is 6.07 Å². The summed E-state index contributed by atoms with van der Waals surface area (Å²) < 4.78 is 19.3. The predicted molar refractivity (Wildman–Crippen MR) is 75.2 cm³/mol. The van der Waals surface area contributed by atoms with Gasteiger partial charge in [-0.3, -0.25) is 0 Å². The molecule has 0 atom stereocenters. The molecule has 0 aliphatic rings. The van der Waals surface area contributed by atoms with Crippen LogP contribution in [0.25, 0.3) is 0 Å². The minimum absolute atomic E-state index is 0.0725. The van der Waals surface area contributed by atoms with Crippen molar-refractivity contribution in [2.45, 2.75) is 33.2 Å². The Morgan fingerprint density at radius 3 is 2.70 bits per heavy atom. The minimum Gasteiger partial charge on any atom is -0.438 e. The molecule has 0 fully saturated rings. The summed E-state index contributed by atoms with van der Waals surface area (Å²) >= 11 is 0. The molecule has 0 bridgehead atoms. The van der Waals surface area contributed by atoms with E-state index in [0.29, 0.717) is 23.0 Å². The molecule has 0 aliphatic carbocycles. The Morgan fingerprint density at radius 1 is 1.30 bits per heavy atom. The van der Waals surface area contributed by atoms with Crippen molar-refractivity contribution in [1.82, 2.24) is 9.97 Å². The average molecular weight is 275 g/mol. The van der Waals surface area contributed by atoms with E-state index in [1.54, 1.807) is 18.2 Å². The van der Waals surface area contributed by atoms with Crippen molar-refractivity contribution >= 4 is 0 Å². The highest BCUT2D eigenvalue weighted by molar-refractivity contribution is 5.37. The molecule has 0 saturated carbocycles. The molecular weight excluding hydrogens is 257 g/mol. The molecule has 0 spiro atoms. The van der Waals surface area contributed by atoms with Gasteiger partial charge in [-0.15, -0.1) is 0 Å². The smallest absolute Gasteiger partial charge is 0.222 e. The second-order valence-electron chi connectivity index (χ2n) is 4.88. The van der Waals surface area contributed by atoms with Crippen molar-refractivity contribution in [1.29, 1.82) is 0 Å². The summed E-state index contributed by atoms with van der Waals surface area (Å²) in [4.78, 5) is 8.68. The highest BCUT2D eigenvalue weighted by Gasteiger charge is 2.12. The van der Waals surface area contributed by atoms with Crippen LogP contribution >= 0.6 is 0 Å². The predicted octanol–water partition coefficient (Wildman–Crippen LogP) is 3.30. The molecule has 2 aromatic rings. The van der Waals surface area contributed by atoms with E-state index in [1.807, 2.05) is 20.8 Å². The van der Waals surface area contributed by atoms with Crippen LogP contribution in [-0.2, 0) is 6.54 Å². The van der Waals surface area contributed by atoms with E-state index in [-0.39, 0.29) is 18.3 Å². The fraction of sp³-hybridized carbons (Fsp3) is 0.333. The fourth-order valence-corrected chi connectivity index (χ4v) is 1.82. The van der Waals surface area contributed by atoms with Crippen LogP contribution in [0.5, 0.6) is 11.6 Å². The fourth-order valence-electron chi connectivity index (χ4n) is 1.82. The Labute approximate surface area is 117 Å². The van der Waals surface area contributed by atoms with E-state index >= 15 is 0 Å². The van der Waals surface area contributed by atoms with Crippen LogP contribution in [0.15, 0.2) is 24.3 Å². The van der Waals surface area contributed by atoms with Gasteiger partial charge in [0, 0.05) is 29.8 Å². The van der Waals surface area contributed by atoms with Gasteiger partial charge in [-0.1, -0.05) is 19.9 Å². The summed E-state index contributed by atoms with van der Waals surface area (Å²) in [5.41, 5.74) is 6.71. The number of hydrogen-bond donors (Lipinski definition) is 1. The van der Waals surface area contributed by atoms with Gasteiger partial charge in [0.1, 0.15) is 17.4 Å². The second-order valence-corrected chi connectivity index (χ2v) is 4.88. The number of hydrogen-bond acceptors (Lipinski definition) is 4. The lowest BCUT2D eigenvalue weighted by atomic mass is 10.2. The van der Waals surface area contributed by atoms with Crippen LogP contribution in [0.4, 0.5) is 4.39 Å². The van der Waals surface area contributed by atoms with Gasteiger partial charge < -0.3 is 10.5 Å². The quantitative estimate of drug-likeness (QED) is 0.930. The zero-order valence-electron chi connectivity index (χ0n) is 11.9. The number of nitrogens with two attached hydrogens (primary N) is 1. The molecule has 0 saturated heterocycles. The first-order valence-corrected chi connectivity index (χ1v) is 6.52. The zero-order chi connectivity index (χ0) is 14.7. The first kappa shape index (κ1) is 14.4. The van der Waals surface area contributed by atoms with Gasteiger partial charge in [-0.05, 0) is 19.1 Å².